The Hall–Kier alpha value is -2.89. The third-order valence-electron chi connectivity index (χ3n) is 3.16. The van der Waals surface area contributed by atoms with E-state index in [1.54, 1.807) is 10.7 Å². The van der Waals surface area contributed by atoms with Crippen molar-refractivity contribution in [2.45, 2.75) is 6.54 Å². The van der Waals surface area contributed by atoms with E-state index in [2.05, 4.69) is 20.9 Å². The van der Waals surface area contributed by atoms with Gasteiger partial charge in [0.15, 0.2) is 0 Å². The van der Waals surface area contributed by atoms with E-state index < -0.39 is 0 Å². The second kappa shape index (κ2) is 5.62. The molecule has 106 valence electrons. The summed E-state index contributed by atoms with van der Waals surface area (Å²) >= 11 is 0. The first-order chi connectivity index (χ1) is 10.2. The highest BCUT2D eigenvalue weighted by Gasteiger charge is 2.05. The molecule has 0 spiro atoms. The molecule has 1 aromatic heterocycles. The maximum atomic E-state index is 11.9. The van der Waals surface area contributed by atoms with Gasteiger partial charge >= 0.3 is 6.03 Å². The Bertz CT molecular complexity index is 766. The number of rotatable bonds is 3. The van der Waals surface area contributed by atoms with E-state index in [1.807, 2.05) is 49.5 Å². The van der Waals surface area contributed by atoms with Gasteiger partial charge in [-0.05, 0) is 23.8 Å². The van der Waals surface area contributed by atoms with Crippen LogP contribution in [0.25, 0.3) is 11.0 Å². The zero-order chi connectivity index (χ0) is 14.7. The van der Waals surface area contributed by atoms with E-state index in [9.17, 15) is 4.79 Å². The van der Waals surface area contributed by atoms with Crippen LogP contribution in [0.5, 0.6) is 0 Å². The minimum absolute atomic E-state index is 0.248. The van der Waals surface area contributed by atoms with Crippen LogP contribution in [-0.2, 0) is 13.6 Å². The molecule has 6 heteroatoms. The number of nitrogens with one attached hydrogen (secondary N) is 2. The van der Waals surface area contributed by atoms with E-state index in [1.165, 1.54) is 0 Å². The fourth-order valence-electron chi connectivity index (χ4n) is 2.07. The first-order valence-electron chi connectivity index (χ1n) is 6.60. The van der Waals surface area contributed by atoms with Crippen molar-refractivity contribution in [1.82, 2.24) is 20.3 Å². The first-order valence-corrected chi connectivity index (χ1v) is 6.60. The average Bonchev–Trinajstić information content (AvgIpc) is 2.87. The minimum atomic E-state index is -0.248. The minimum Gasteiger partial charge on any atom is -0.334 e. The Morgan fingerprint density at radius 1 is 1.19 bits per heavy atom. The quantitative estimate of drug-likeness (QED) is 0.773. The largest absolute Gasteiger partial charge is 0.334 e. The van der Waals surface area contributed by atoms with Crippen molar-refractivity contribution >= 4 is 22.8 Å². The van der Waals surface area contributed by atoms with E-state index in [0.29, 0.717) is 12.2 Å². The van der Waals surface area contributed by atoms with Gasteiger partial charge in [0.25, 0.3) is 0 Å². The Kier molecular flexibility index (Phi) is 3.51. The maximum absolute atomic E-state index is 11.9. The summed E-state index contributed by atoms with van der Waals surface area (Å²) in [5.74, 6) is 0. The zero-order valence-corrected chi connectivity index (χ0v) is 11.6. The van der Waals surface area contributed by atoms with Gasteiger partial charge in [-0.2, -0.15) is 0 Å². The maximum Gasteiger partial charge on any atom is 0.319 e. The van der Waals surface area contributed by atoms with Crippen LogP contribution in [0.2, 0.25) is 0 Å². The third kappa shape index (κ3) is 3.00. The number of urea groups is 1. The summed E-state index contributed by atoms with van der Waals surface area (Å²) in [5.41, 5.74) is 3.41. The molecule has 2 aromatic carbocycles. The molecule has 0 atom stereocenters. The highest BCUT2D eigenvalue weighted by atomic mass is 16.2. The lowest BCUT2D eigenvalue weighted by atomic mass is 10.2. The molecule has 0 saturated heterocycles. The molecule has 0 radical (unpaired) electrons. The molecule has 1 heterocycles. The summed E-state index contributed by atoms with van der Waals surface area (Å²) in [6.07, 6.45) is 0. The summed E-state index contributed by atoms with van der Waals surface area (Å²) < 4.78 is 1.69. The lowest BCUT2D eigenvalue weighted by Gasteiger charge is -2.07. The summed E-state index contributed by atoms with van der Waals surface area (Å²) in [6.45, 7) is 0.486. The van der Waals surface area contributed by atoms with Gasteiger partial charge in [0.05, 0.1) is 5.52 Å². The van der Waals surface area contributed by atoms with Crippen LogP contribution >= 0.6 is 0 Å². The monoisotopic (exact) mass is 281 g/mol. The number of amides is 2. The van der Waals surface area contributed by atoms with Crippen LogP contribution < -0.4 is 10.6 Å². The topological polar surface area (TPSA) is 71.8 Å². The molecule has 0 fully saturated rings. The number of benzene rings is 2. The van der Waals surface area contributed by atoms with Gasteiger partial charge in [-0.25, -0.2) is 9.48 Å². The predicted octanol–water partition coefficient (Wildman–Crippen LogP) is 2.29. The van der Waals surface area contributed by atoms with Crippen molar-refractivity contribution in [3.05, 3.63) is 54.1 Å². The number of fused-ring (bicyclic) bond motifs is 1. The summed E-state index contributed by atoms with van der Waals surface area (Å²) in [5, 5.41) is 13.5. The molecule has 6 nitrogen and oxygen atoms in total. The summed E-state index contributed by atoms with van der Waals surface area (Å²) in [7, 11) is 1.83. The van der Waals surface area contributed by atoms with Crippen molar-refractivity contribution in [1.29, 1.82) is 0 Å². The molecular formula is C15H15N5O. The Balaban J connectivity index is 1.63. The predicted molar refractivity (Wildman–Crippen MR) is 80.8 cm³/mol. The van der Waals surface area contributed by atoms with Crippen molar-refractivity contribution in [3.63, 3.8) is 0 Å². The third-order valence-corrected chi connectivity index (χ3v) is 3.16. The Morgan fingerprint density at radius 3 is 2.81 bits per heavy atom. The van der Waals surface area contributed by atoms with Crippen molar-refractivity contribution in [3.8, 4) is 0 Å². The normalized spacial score (nSPS) is 10.5. The van der Waals surface area contributed by atoms with Crippen LogP contribution in [0.15, 0.2) is 48.5 Å². The number of carbonyl (C=O) groups excluding carboxylic acids is 1. The Labute approximate surface area is 121 Å². The van der Waals surface area contributed by atoms with E-state index in [4.69, 9.17) is 0 Å². The molecule has 2 N–H and O–H groups in total. The van der Waals surface area contributed by atoms with Crippen LogP contribution in [-0.4, -0.2) is 21.0 Å². The summed E-state index contributed by atoms with van der Waals surface area (Å²) in [4.78, 5) is 11.9. The number of carbonyl (C=O) groups is 1. The highest BCUT2D eigenvalue weighted by molar-refractivity contribution is 5.91. The lowest BCUT2D eigenvalue weighted by molar-refractivity contribution is 0.251. The molecule has 0 aliphatic heterocycles. The lowest BCUT2D eigenvalue weighted by Crippen LogP contribution is -2.28. The second-order valence-electron chi connectivity index (χ2n) is 4.71. The molecule has 0 aliphatic rings. The van der Waals surface area contributed by atoms with E-state index >= 15 is 0 Å². The zero-order valence-electron chi connectivity index (χ0n) is 11.6. The molecule has 0 unspecified atom stereocenters. The highest BCUT2D eigenvalue weighted by Crippen LogP contribution is 2.16. The van der Waals surface area contributed by atoms with Crippen LogP contribution in [0.4, 0.5) is 10.5 Å². The average molecular weight is 281 g/mol. The van der Waals surface area contributed by atoms with Crippen LogP contribution in [0.1, 0.15) is 5.56 Å². The Morgan fingerprint density at radius 2 is 2.00 bits per heavy atom. The van der Waals surface area contributed by atoms with Crippen molar-refractivity contribution < 1.29 is 4.79 Å². The number of hydrogen-bond acceptors (Lipinski definition) is 3. The first kappa shape index (κ1) is 13.1. The van der Waals surface area contributed by atoms with E-state index in [0.717, 1.165) is 16.6 Å². The van der Waals surface area contributed by atoms with Gasteiger partial charge < -0.3 is 10.6 Å². The smallest absolute Gasteiger partial charge is 0.319 e. The molecule has 21 heavy (non-hydrogen) atoms. The van der Waals surface area contributed by atoms with Crippen molar-refractivity contribution in [2.75, 3.05) is 5.32 Å². The van der Waals surface area contributed by atoms with Gasteiger partial charge in [0.2, 0.25) is 0 Å². The van der Waals surface area contributed by atoms with Gasteiger partial charge in [0.1, 0.15) is 5.52 Å². The fourth-order valence-corrected chi connectivity index (χ4v) is 2.07. The van der Waals surface area contributed by atoms with Gasteiger partial charge in [-0.15, -0.1) is 5.10 Å². The number of nitrogens with zero attached hydrogens (tertiary/aromatic N) is 3. The molecule has 3 rings (SSSR count). The fraction of sp³-hybridized carbons (Fsp3) is 0.133. The van der Waals surface area contributed by atoms with Crippen LogP contribution in [0, 0.1) is 0 Å². The molecule has 2 amide bonds. The van der Waals surface area contributed by atoms with Gasteiger partial charge in [0, 0.05) is 19.3 Å². The molecular weight excluding hydrogens is 266 g/mol. The van der Waals surface area contributed by atoms with Crippen LogP contribution in [0.3, 0.4) is 0 Å². The number of anilines is 1. The number of aryl methyl sites for hydroxylation is 1. The van der Waals surface area contributed by atoms with Crippen molar-refractivity contribution in [2.24, 2.45) is 7.05 Å². The molecule has 0 bridgehead atoms. The summed E-state index contributed by atoms with van der Waals surface area (Å²) in [6, 6.07) is 15.0. The standard InChI is InChI=1S/C15H15N5O/c1-20-14-8-7-12(9-13(14)18-19-20)17-15(21)16-10-11-5-3-2-4-6-11/h2-9H,10H2,1H3,(H2,16,17,21). The second-order valence-corrected chi connectivity index (χ2v) is 4.71. The van der Waals surface area contributed by atoms with Gasteiger partial charge in [-0.3, -0.25) is 0 Å². The molecule has 0 saturated carbocycles. The molecule has 0 aliphatic carbocycles. The molecule has 3 aromatic rings. The number of aromatic nitrogens is 3. The number of hydrogen-bond donors (Lipinski definition) is 2. The SMILES string of the molecule is Cn1nnc2cc(NC(=O)NCc3ccccc3)ccc21. The van der Waals surface area contributed by atoms with Gasteiger partial charge in [-0.1, -0.05) is 35.5 Å². The van der Waals surface area contributed by atoms with E-state index in [-0.39, 0.29) is 6.03 Å².